The molecule has 0 bridgehead atoms. The Balaban J connectivity index is 2.19. The van der Waals surface area contributed by atoms with Crippen molar-refractivity contribution < 1.29 is 4.79 Å². The summed E-state index contributed by atoms with van der Waals surface area (Å²) in [6.07, 6.45) is 1.17. The Morgan fingerprint density at radius 2 is 2.20 bits per heavy atom. The monoisotopic (exact) mass is 224 g/mol. The highest BCUT2D eigenvalue weighted by Gasteiger charge is 2.46. The molecule has 1 saturated carbocycles. The molecular formula is C11H16N2OS. The molecule has 82 valence electrons. The zero-order valence-corrected chi connectivity index (χ0v) is 10.4. The van der Waals surface area contributed by atoms with E-state index in [1.54, 1.807) is 6.92 Å². The third kappa shape index (κ3) is 1.91. The maximum atomic E-state index is 11.4. The molecule has 1 unspecified atom stereocenters. The predicted molar refractivity (Wildman–Crippen MR) is 62.7 cm³/mol. The minimum absolute atomic E-state index is 0.0993. The van der Waals surface area contributed by atoms with Crippen molar-refractivity contribution in [1.82, 2.24) is 4.37 Å². The van der Waals surface area contributed by atoms with Gasteiger partial charge in [0.1, 0.15) is 5.00 Å². The highest BCUT2D eigenvalue weighted by Crippen LogP contribution is 2.47. The van der Waals surface area contributed by atoms with Gasteiger partial charge in [-0.05, 0) is 37.2 Å². The van der Waals surface area contributed by atoms with Crippen LogP contribution in [0, 0.1) is 12.3 Å². The predicted octanol–water partition coefficient (Wildman–Crippen LogP) is 2.86. The van der Waals surface area contributed by atoms with Crippen LogP contribution in [0.2, 0.25) is 0 Å². The molecule has 0 aliphatic heterocycles. The lowest BCUT2D eigenvalue weighted by Gasteiger charge is -2.06. The van der Waals surface area contributed by atoms with E-state index in [9.17, 15) is 4.79 Å². The lowest BCUT2D eigenvalue weighted by Crippen LogP contribution is -2.09. The summed E-state index contributed by atoms with van der Waals surface area (Å²) >= 11 is 1.39. The van der Waals surface area contributed by atoms with Gasteiger partial charge in [-0.1, -0.05) is 13.8 Å². The van der Waals surface area contributed by atoms with Crippen LogP contribution >= 0.6 is 11.5 Å². The molecule has 1 atom stereocenters. The Hall–Kier alpha value is -0.900. The van der Waals surface area contributed by atoms with Crippen LogP contribution in [0.5, 0.6) is 0 Å². The van der Waals surface area contributed by atoms with Gasteiger partial charge in [0.2, 0.25) is 0 Å². The molecule has 1 aliphatic carbocycles. The summed E-state index contributed by atoms with van der Waals surface area (Å²) in [7, 11) is 0. The van der Waals surface area contributed by atoms with Crippen LogP contribution < -0.4 is 5.32 Å². The molecule has 1 aromatic heterocycles. The van der Waals surface area contributed by atoms with Crippen LogP contribution in [-0.4, -0.2) is 16.2 Å². The molecule has 1 aliphatic rings. The van der Waals surface area contributed by atoms with Crippen molar-refractivity contribution in [2.75, 3.05) is 5.32 Å². The van der Waals surface area contributed by atoms with E-state index in [1.807, 2.05) is 6.92 Å². The molecule has 0 amide bonds. The van der Waals surface area contributed by atoms with Gasteiger partial charge in [-0.2, -0.15) is 4.37 Å². The van der Waals surface area contributed by atoms with Gasteiger partial charge in [0, 0.05) is 6.04 Å². The molecule has 0 spiro atoms. The summed E-state index contributed by atoms with van der Waals surface area (Å²) in [5, 5.41) is 4.35. The van der Waals surface area contributed by atoms with E-state index in [0.717, 1.165) is 16.3 Å². The zero-order chi connectivity index (χ0) is 11.2. The van der Waals surface area contributed by atoms with Crippen LogP contribution in [0.15, 0.2) is 0 Å². The average molecular weight is 224 g/mol. The van der Waals surface area contributed by atoms with Crippen molar-refractivity contribution in [3.8, 4) is 0 Å². The van der Waals surface area contributed by atoms with E-state index in [0.29, 0.717) is 11.5 Å². The average Bonchev–Trinajstić information content (AvgIpc) is 2.54. The number of rotatable bonds is 3. The van der Waals surface area contributed by atoms with E-state index in [-0.39, 0.29) is 5.78 Å². The fourth-order valence-corrected chi connectivity index (χ4v) is 2.65. The Bertz CT molecular complexity index is 409. The van der Waals surface area contributed by atoms with Gasteiger partial charge < -0.3 is 5.32 Å². The van der Waals surface area contributed by atoms with Crippen LogP contribution in [0.25, 0.3) is 0 Å². The summed E-state index contributed by atoms with van der Waals surface area (Å²) in [4.78, 5) is 11.4. The van der Waals surface area contributed by atoms with Gasteiger partial charge >= 0.3 is 0 Å². The molecule has 4 heteroatoms. The van der Waals surface area contributed by atoms with Crippen molar-refractivity contribution in [3.63, 3.8) is 0 Å². The molecule has 1 fully saturated rings. The number of nitrogens with one attached hydrogen (secondary N) is 1. The largest absolute Gasteiger partial charge is 0.372 e. The number of carbonyl (C=O) groups is 1. The number of hydrogen-bond donors (Lipinski definition) is 1. The third-order valence-corrected chi connectivity index (χ3v) is 3.90. The minimum atomic E-state index is 0.0993. The second kappa shape index (κ2) is 3.30. The molecule has 3 nitrogen and oxygen atoms in total. The van der Waals surface area contributed by atoms with Gasteiger partial charge in [-0.3, -0.25) is 4.79 Å². The van der Waals surface area contributed by atoms with Crippen LogP contribution in [0.3, 0.4) is 0 Å². The van der Waals surface area contributed by atoms with Gasteiger partial charge in [-0.25, -0.2) is 0 Å². The fourth-order valence-electron chi connectivity index (χ4n) is 1.75. The number of Topliss-reactive ketones (excluding diaryl/α,β-unsaturated/α-hetero) is 1. The Labute approximate surface area is 94.1 Å². The molecule has 1 aromatic rings. The highest BCUT2D eigenvalue weighted by atomic mass is 32.1. The van der Waals surface area contributed by atoms with Gasteiger partial charge in [0.15, 0.2) is 5.78 Å². The van der Waals surface area contributed by atoms with Crippen molar-refractivity contribution in [2.24, 2.45) is 5.41 Å². The van der Waals surface area contributed by atoms with Crippen molar-refractivity contribution >= 4 is 22.3 Å². The minimum Gasteiger partial charge on any atom is -0.372 e. The normalized spacial score (nSPS) is 22.5. The Morgan fingerprint density at radius 1 is 1.60 bits per heavy atom. The molecular weight excluding hydrogens is 208 g/mol. The van der Waals surface area contributed by atoms with Gasteiger partial charge in [0.25, 0.3) is 0 Å². The van der Waals surface area contributed by atoms with Crippen LogP contribution in [0.4, 0.5) is 5.00 Å². The first-order valence-electron chi connectivity index (χ1n) is 5.15. The maximum Gasteiger partial charge on any atom is 0.164 e. The first-order valence-corrected chi connectivity index (χ1v) is 5.93. The third-order valence-electron chi connectivity index (χ3n) is 3.03. The SMILES string of the molecule is CC(=O)c1c(C)nsc1NC1CC1(C)C. The first-order chi connectivity index (χ1) is 6.92. The molecule has 2 rings (SSSR count). The number of carbonyl (C=O) groups excluding carboxylic acids is 1. The molecule has 15 heavy (non-hydrogen) atoms. The Morgan fingerprint density at radius 3 is 2.67 bits per heavy atom. The molecule has 1 heterocycles. The second-order valence-corrected chi connectivity index (χ2v) is 5.69. The second-order valence-electron chi connectivity index (χ2n) is 4.92. The summed E-state index contributed by atoms with van der Waals surface area (Å²) in [6.45, 7) is 7.94. The molecule has 0 saturated heterocycles. The van der Waals surface area contributed by atoms with E-state index in [4.69, 9.17) is 0 Å². The lowest BCUT2D eigenvalue weighted by molar-refractivity contribution is 0.101. The van der Waals surface area contributed by atoms with Gasteiger partial charge in [-0.15, -0.1) is 0 Å². The van der Waals surface area contributed by atoms with Crippen molar-refractivity contribution in [2.45, 2.75) is 40.2 Å². The quantitative estimate of drug-likeness (QED) is 0.803. The van der Waals surface area contributed by atoms with E-state index in [1.165, 1.54) is 18.0 Å². The number of nitrogens with zero attached hydrogens (tertiary/aromatic N) is 1. The molecule has 0 aromatic carbocycles. The number of hydrogen-bond acceptors (Lipinski definition) is 4. The van der Waals surface area contributed by atoms with Gasteiger partial charge in [0.05, 0.1) is 11.3 Å². The van der Waals surface area contributed by atoms with Crippen molar-refractivity contribution in [3.05, 3.63) is 11.3 Å². The summed E-state index contributed by atoms with van der Waals surface area (Å²) in [5.41, 5.74) is 1.97. The van der Waals surface area contributed by atoms with Crippen LogP contribution in [-0.2, 0) is 0 Å². The van der Waals surface area contributed by atoms with Crippen molar-refractivity contribution in [1.29, 1.82) is 0 Å². The Kier molecular flexibility index (Phi) is 2.34. The smallest absolute Gasteiger partial charge is 0.164 e. The summed E-state index contributed by atoms with van der Waals surface area (Å²) in [6, 6.07) is 0.496. The number of aryl methyl sites for hydroxylation is 1. The number of anilines is 1. The summed E-state index contributed by atoms with van der Waals surface area (Å²) in [5.74, 6) is 0.0993. The van der Waals surface area contributed by atoms with E-state index < -0.39 is 0 Å². The fraction of sp³-hybridized carbons (Fsp3) is 0.636. The maximum absolute atomic E-state index is 11.4. The summed E-state index contributed by atoms with van der Waals surface area (Å²) < 4.78 is 4.22. The zero-order valence-electron chi connectivity index (χ0n) is 9.55. The van der Waals surface area contributed by atoms with Crippen LogP contribution in [0.1, 0.15) is 43.2 Å². The topological polar surface area (TPSA) is 42.0 Å². The molecule has 1 N–H and O–H groups in total. The first kappa shape index (κ1) is 10.6. The lowest BCUT2D eigenvalue weighted by atomic mass is 10.1. The number of aromatic nitrogens is 1. The number of ketones is 1. The standard InChI is InChI=1S/C11H16N2OS/c1-6-9(7(2)14)10(15-13-6)12-8-5-11(8,3)4/h8,12H,5H2,1-4H3. The highest BCUT2D eigenvalue weighted by molar-refractivity contribution is 7.10. The van der Waals surface area contributed by atoms with E-state index in [2.05, 4.69) is 23.5 Å². The molecule has 0 radical (unpaired) electrons. The van der Waals surface area contributed by atoms with E-state index >= 15 is 0 Å².